The van der Waals surface area contributed by atoms with E-state index in [9.17, 15) is 14.7 Å². The van der Waals surface area contributed by atoms with Gasteiger partial charge in [-0.2, -0.15) is 0 Å². The van der Waals surface area contributed by atoms with Crippen LogP contribution in [0, 0.1) is 0 Å². The standard InChI is InChI=1S/C16H30O4/c1-3-14(2)20-16(19)13-11-9-7-5-4-6-8-10-12-15(17)18/h14H,3-13H2,1-2H3,(H,17,18)/p-1. The van der Waals surface area contributed by atoms with E-state index in [4.69, 9.17) is 4.74 Å². The first-order valence-corrected chi connectivity index (χ1v) is 7.95. The number of unbranched alkanes of at least 4 members (excludes halogenated alkanes) is 7. The molecule has 0 aliphatic heterocycles. The number of esters is 1. The van der Waals surface area contributed by atoms with Gasteiger partial charge in [0, 0.05) is 12.4 Å². The molecule has 0 aromatic heterocycles. The molecule has 0 amide bonds. The van der Waals surface area contributed by atoms with Gasteiger partial charge in [0.15, 0.2) is 0 Å². The Balaban J connectivity index is 3.20. The van der Waals surface area contributed by atoms with Crippen LogP contribution in [0.25, 0.3) is 0 Å². The van der Waals surface area contributed by atoms with Gasteiger partial charge in [-0.15, -0.1) is 0 Å². The summed E-state index contributed by atoms with van der Waals surface area (Å²) in [5.41, 5.74) is 0. The van der Waals surface area contributed by atoms with Gasteiger partial charge in [-0.1, -0.05) is 45.4 Å². The minimum Gasteiger partial charge on any atom is -0.550 e. The van der Waals surface area contributed by atoms with Gasteiger partial charge in [0.05, 0.1) is 6.10 Å². The summed E-state index contributed by atoms with van der Waals surface area (Å²) in [4.78, 5) is 21.6. The highest BCUT2D eigenvalue weighted by Gasteiger charge is 2.06. The van der Waals surface area contributed by atoms with Crippen molar-refractivity contribution in [1.29, 1.82) is 0 Å². The smallest absolute Gasteiger partial charge is 0.306 e. The first-order valence-electron chi connectivity index (χ1n) is 7.95. The maximum Gasteiger partial charge on any atom is 0.306 e. The molecule has 0 spiro atoms. The number of hydrogen-bond acceptors (Lipinski definition) is 4. The van der Waals surface area contributed by atoms with E-state index in [2.05, 4.69) is 0 Å². The summed E-state index contributed by atoms with van der Waals surface area (Å²) < 4.78 is 5.20. The lowest BCUT2D eigenvalue weighted by Gasteiger charge is -2.10. The molecule has 0 saturated heterocycles. The molecule has 0 saturated carbocycles. The summed E-state index contributed by atoms with van der Waals surface area (Å²) >= 11 is 0. The average molecular weight is 285 g/mol. The SMILES string of the molecule is CCC(C)OC(=O)CCCCCCCCCCC(=O)[O-]. The molecule has 0 aliphatic rings. The Kier molecular flexibility index (Phi) is 12.3. The summed E-state index contributed by atoms with van der Waals surface area (Å²) in [7, 11) is 0. The minimum absolute atomic E-state index is 0.0310. The lowest BCUT2D eigenvalue weighted by Crippen LogP contribution is -2.21. The van der Waals surface area contributed by atoms with E-state index in [1.807, 2.05) is 13.8 Å². The molecule has 0 bridgehead atoms. The molecule has 0 N–H and O–H groups in total. The van der Waals surface area contributed by atoms with Gasteiger partial charge in [-0.05, 0) is 32.6 Å². The first kappa shape index (κ1) is 18.9. The van der Waals surface area contributed by atoms with Crippen LogP contribution < -0.4 is 5.11 Å². The Labute approximate surface area is 122 Å². The zero-order chi connectivity index (χ0) is 15.2. The van der Waals surface area contributed by atoms with Gasteiger partial charge in [0.25, 0.3) is 0 Å². The molecule has 4 nitrogen and oxygen atoms in total. The van der Waals surface area contributed by atoms with E-state index in [1.165, 1.54) is 0 Å². The summed E-state index contributed by atoms with van der Waals surface area (Å²) in [5.74, 6) is -1.03. The molecule has 0 aromatic carbocycles. The van der Waals surface area contributed by atoms with Crippen LogP contribution in [0.2, 0.25) is 0 Å². The molecule has 20 heavy (non-hydrogen) atoms. The fourth-order valence-corrected chi connectivity index (χ4v) is 1.97. The van der Waals surface area contributed by atoms with Gasteiger partial charge in [0.2, 0.25) is 0 Å². The Morgan fingerprint density at radius 1 is 0.900 bits per heavy atom. The van der Waals surface area contributed by atoms with Crippen molar-refractivity contribution in [3.8, 4) is 0 Å². The number of carbonyl (C=O) groups is 2. The zero-order valence-corrected chi connectivity index (χ0v) is 13.0. The monoisotopic (exact) mass is 285 g/mol. The Hall–Kier alpha value is -1.06. The molecular formula is C16H29O4-. The van der Waals surface area contributed by atoms with Crippen LogP contribution >= 0.6 is 0 Å². The number of ether oxygens (including phenoxy) is 1. The third-order valence-electron chi connectivity index (χ3n) is 3.42. The number of hydrogen-bond donors (Lipinski definition) is 0. The second kappa shape index (κ2) is 12.9. The van der Waals surface area contributed by atoms with E-state index in [1.54, 1.807) is 0 Å². The molecule has 118 valence electrons. The quantitative estimate of drug-likeness (QED) is 0.385. The molecule has 0 fully saturated rings. The predicted octanol–water partition coefficient (Wildman–Crippen LogP) is 2.98. The minimum atomic E-state index is -0.950. The third kappa shape index (κ3) is 13.4. The van der Waals surface area contributed by atoms with E-state index in [0.717, 1.165) is 57.8 Å². The maximum absolute atomic E-state index is 11.4. The molecule has 1 unspecified atom stereocenters. The number of carbonyl (C=O) groups excluding carboxylic acids is 2. The second-order valence-corrected chi connectivity index (χ2v) is 5.41. The van der Waals surface area contributed by atoms with Crippen LogP contribution in [0.3, 0.4) is 0 Å². The van der Waals surface area contributed by atoms with Crippen molar-refractivity contribution in [2.24, 2.45) is 0 Å². The Morgan fingerprint density at radius 2 is 1.35 bits per heavy atom. The predicted molar refractivity (Wildman–Crippen MR) is 77.0 cm³/mol. The zero-order valence-electron chi connectivity index (χ0n) is 13.0. The summed E-state index contributed by atoms with van der Waals surface area (Å²) in [5, 5.41) is 10.2. The number of carboxylic acid groups (broad SMARTS) is 1. The fourth-order valence-electron chi connectivity index (χ4n) is 1.97. The highest BCUT2D eigenvalue weighted by molar-refractivity contribution is 5.69. The number of aliphatic carboxylic acids is 1. The average Bonchev–Trinajstić information content (AvgIpc) is 2.40. The second-order valence-electron chi connectivity index (χ2n) is 5.41. The van der Waals surface area contributed by atoms with E-state index in [0.29, 0.717) is 6.42 Å². The lowest BCUT2D eigenvalue weighted by atomic mass is 10.1. The van der Waals surface area contributed by atoms with Crippen molar-refractivity contribution in [2.45, 2.75) is 90.6 Å². The van der Waals surface area contributed by atoms with Crippen LogP contribution in [0.1, 0.15) is 84.5 Å². The van der Waals surface area contributed by atoms with E-state index in [-0.39, 0.29) is 18.5 Å². The van der Waals surface area contributed by atoms with E-state index >= 15 is 0 Å². The molecule has 0 rings (SSSR count). The molecule has 0 aromatic rings. The first-order chi connectivity index (χ1) is 9.56. The molecule has 1 atom stereocenters. The maximum atomic E-state index is 11.4. The molecule has 4 heteroatoms. The van der Waals surface area contributed by atoms with Gasteiger partial charge in [-0.3, -0.25) is 4.79 Å². The van der Waals surface area contributed by atoms with E-state index < -0.39 is 5.97 Å². The van der Waals surface area contributed by atoms with Gasteiger partial charge in [-0.25, -0.2) is 0 Å². The van der Waals surface area contributed by atoms with Crippen LogP contribution in [0.15, 0.2) is 0 Å². The van der Waals surface area contributed by atoms with Crippen LogP contribution in [-0.2, 0) is 14.3 Å². The van der Waals surface area contributed by atoms with Crippen LogP contribution in [-0.4, -0.2) is 18.0 Å². The van der Waals surface area contributed by atoms with Crippen molar-refractivity contribution in [3.05, 3.63) is 0 Å². The summed E-state index contributed by atoms with van der Waals surface area (Å²) in [6.07, 6.45) is 9.78. The molecule has 0 aliphatic carbocycles. The third-order valence-corrected chi connectivity index (χ3v) is 3.42. The lowest BCUT2D eigenvalue weighted by molar-refractivity contribution is -0.305. The topological polar surface area (TPSA) is 66.4 Å². The number of rotatable bonds is 13. The molecule has 0 radical (unpaired) electrons. The molecular weight excluding hydrogens is 256 g/mol. The van der Waals surface area contributed by atoms with Crippen LogP contribution in [0.5, 0.6) is 0 Å². The number of carboxylic acids is 1. The Morgan fingerprint density at radius 3 is 1.80 bits per heavy atom. The van der Waals surface area contributed by atoms with Crippen molar-refractivity contribution < 1.29 is 19.4 Å². The van der Waals surface area contributed by atoms with Gasteiger partial charge >= 0.3 is 5.97 Å². The normalized spacial score (nSPS) is 12.1. The van der Waals surface area contributed by atoms with Crippen molar-refractivity contribution in [3.63, 3.8) is 0 Å². The highest BCUT2D eigenvalue weighted by Crippen LogP contribution is 2.11. The largest absolute Gasteiger partial charge is 0.550 e. The fraction of sp³-hybridized carbons (Fsp3) is 0.875. The summed E-state index contributed by atoms with van der Waals surface area (Å²) in [6, 6.07) is 0. The highest BCUT2D eigenvalue weighted by atomic mass is 16.5. The molecule has 0 heterocycles. The van der Waals surface area contributed by atoms with Crippen molar-refractivity contribution in [2.75, 3.05) is 0 Å². The van der Waals surface area contributed by atoms with Gasteiger partial charge < -0.3 is 14.6 Å². The Bertz CT molecular complexity index is 263. The van der Waals surface area contributed by atoms with Crippen LogP contribution in [0.4, 0.5) is 0 Å². The summed E-state index contributed by atoms with van der Waals surface area (Å²) in [6.45, 7) is 3.92. The van der Waals surface area contributed by atoms with Gasteiger partial charge in [0.1, 0.15) is 0 Å². The van der Waals surface area contributed by atoms with Crippen molar-refractivity contribution in [1.82, 2.24) is 0 Å². The van der Waals surface area contributed by atoms with Crippen molar-refractivity contribution >= 4 is 11.9 Å².